The first kappa shape index (κ1) is 28.2. The monoisotopic (exact) mass is 534 g/mol. The molecule has 2 amide bonds. The van der Waals surface area contributed by atoms with E-state index in [4.69, 9.17) is 9.47 Å². The predicted octanol–water partition coefficient (Wildman–Crippen LogP) is 7.21. The molecule has 1 aromatic carbocycles. The van der Waals surface area contributed by atoms with E-state index in [2.05, 4.69) is 34.7 Å². The van der Waals surface area contributed by atoms with Crippen LogP contribution in [0.1, 0.15) is 85.1 Å². The lowest BCUT2D eigenvalue weighted by molar-refractivity contribution is 0.0491. The lowest BCUT2D eigenvalue weighted by Gasteiger charge is -2.29. The lowest BCUT2D eigenvalue weighted by atomic mass is 9.86. The van der Waals surface area contributed by atoms with Gasteiger partial charge in [0.15, 0.2) is 0 Å². The van der Waals surface area contributed by atoms with E-state index >= 15 is 0 Å². The van der Waals surface area contributed by atoms with Gasteiger partial charge >= 0.3 is 12.2 Å². The van der Waals surface area contributed by atoms with Crippen molar-refractivity contribution in [1.82, 2.24) is 15.5 Å². The number of nitrogens with one attached hydrogen (secondary N) is 2. The molecule has 8 nitrogen and oxygen atoms in total. The highest BCUT2D eigenvalue weighted by atomic mass is 32.2. The Balaban J connectivity index is 1.67. The SMILES string of the molecule is CC(C)OC(=O)Nc1ccc(-c2nnc(C3CCC(NC(=O)OC(C)(C)C)CC3)s2)c(SC(C)C)c1. The van der Waals surface area contributed by atoms with Crippen LogP contribution in [-0.2, 0) is 9.47 Å². The van der Waals surface area contributed by atoms with Gasteiger partial charge in [-0.2, -0.15) is 0 Å². The number of aromatic nitrogens is 2. The normalized spacial score (nSPS) is 18.2. The van der Waals surface area contributed by atoms with Gasteiger partial charge in [0, 0.05) is 33.4 Å². The van der Waals surface area contributed by atoms with Gasteiger partial charge < -0.3 is 14.8 Å². The van der Waals surface area contributed by atoms with E-state index in [1.807, 2.05) is 52.8 Å². The molecule has 36 heavy (non-hydrogen) atoms. The minimum absolute atomic E-state index is 0.125. The van der Waals surface area contributed by atoms with Crippen molar-refractivity contribution in [2.75, 3.05) is 5.32 Å². The van der Waals surface area contributed by atoms with Crippen molar-refractivity contribution in [3.05, 3.63) is 23.2 Å². The molecule has 1 saturated carbocycles. The zero-order chi connectivity index (χ0) is 26.5. The highest BCUT2D eigenvalue weighted by molar-refractivity contribution is 8.00. The summed E-state index contributed by atoms with van der Waals surface area (Å²) in [7, 11) is 0. The summed E-state index contributed by atoms with van der Waals surface area (Å²) < 4.78 is 10.6. The van der Waals surface area contributed by atoms with Crippen LogP contribution in [0.15, 0.2) is 23.1 Å². The van der Waals surface area contributed by atoms with E-state index in [9.17, 15) is 9.59 Å². The molecular weight excluding hydrogens is 496 g/mol. The van der Waals surface area contributed by atoms with E-state index in [-0.39, 0.29) is 18.2 Å². The molecule has 10 heteroatoms. The third-order valence-corrected chi connectivity index (χ3v) is 7.58. The maximum Gasteiger partial charge on any atom is 0.411 e. The second-order valence-electron chi connectivity index (χ2n) is 10.6. The standard InChI is InChI=1S/C26H38N4O4S2/c1-15(2)33-24(31)28-19-12-13-20(21(14-19)35-16(3)4)23-30-29-22(36-23)17-8-10-18(11-9-17)27-25(32)34-26(5,6)7/h12-18H,8-11H2,1-7H3,(H,27,32)(H,28,31). The number of benzene rings is 1. The van der Waals surface area contributed by atoms with Gasteiger partial charge in [-0.05, 0) is 78.5 Å². The van der Waals surface area contributed by atoms with Crippen LogP contribution in [0.2, 0.25) is 0 Å². The Bertz CT molecular complexity index is 1040. The van der Waals surface area contributed by atoms with Gasteiger partial charge in [0.25, 0.3) is 0 Å². The van der Waals surface area contributed by atoms with E-state index < -0.39 is 11.7 Å². The first-order valence-electron chi connectivity index (χ1n) is 12.5. The van der Waals surface area contributed by atoms with Gasteiger partial charge in [-0.15, -0.1) is 22.0 Å². The largest absolute Gasteiger partial charge is 0.447 e. The van der Waals surface area contributed by atoms with Crippen molar-refractivity contribution in [3.8, 4) is 10.6 Å². The zero-order valence-corrected chi connectivity index (χ0v) is 23.8. The van der Waals surface area contributed by atoms with Crippen molar-refractivity contribution >= 4 is 41.0 Å². The molecule has 0 spiro atoms. The fourth-order valence-electron chi connectivity index (χ4n) is 3.96. The molecule has 1 fully saturated rings. The van der Waals surface area contributed by atoms with Gasteiger partial charge in [0.05, 0.1) is 6.10 Å². The minimum atomic E-state index is -0.497. The van der Waals surface area contributed by atoms with Crippen molar-refractivity contribution < 1.29 is 19.1 Å². The summed E-state index contributed by atoms with van der Waals surface area (Å²) in [6.07, 6.45) is 2.67. The zero-order valence-electron chi connectivity index (χ0n) is 22.2. The van der Waals surface area contributed by atoms with Crippen LogP contribution in [0.3, 0.4) is 0 Å². The molecule has 2 aromatic rings. The summed E-state index contributed by atoms with van der Waals surface area (Å²) in [5, 5.41) is 17.1. The number of hydrogen-bond acceptors (Lipinski definition) is 8. The number of alkyl carbamates (subject to hydrolysis) is 1. The van der Waals surface area contributed by atoms with Crippen molar-refractivity contribution in [3.63, 3.8) is 0 Å². The van der Waals surface area contributed by atoms with Crippen molar-refractivity contribution in [1.29, 1.82) is 0 Å². The van der Waals surface area contributed by atoms with E-state index in [0.29, 0.717) is 16.9 Å². The van der Waals surface area contributed by atoms with Crippen molar-refractivity contribution in [2.24, 2.45) is 0 Å². The number of carbonyl (C=O) groups is 2. The molecule has 3 rings (SSSR count). The second-order valence-corrected chi connectivity index (χ2v) is 13.2. The Hall–Kier alpha value is -2.33. The number of ether oxygens (including phenoxy) is 2. The number of rotatable bonds is 7. The van der Waals surface area contributed by atoms with Crippen molar-refractivity contribution in [2.45, 2.75) is 108 Å². The molecule has 0 atom stereocenters. The molecule has 0 bridgehead atoms. The van der Waals surface area contributed by atoms with Gasteiger partial charge in [-0.25, -0.2) is 9.59 Å². The molecule has 2 N–H and O–H groups in total. The fraction of sp³-hybridized carbons (Fsp3) is 0.615. The van der Waals surface area contributed by atoms with Crippen LogP contribution in [-0.4, -0.2) is 45.4 Å². The van der Waals surface area contributed by atoms with Crippen LogP contribution in [0, 0.1) is 0 Å². The number of anilines is 1. The molecule has 198 valence electrons. The topological polar surface area (TPSA) is 102 Å². The van der Waals surface area contributed by atoms with E-state index in [0.717, 1.165) is 46.2 Å². The first-order chi connectivity index (χ1) is 16.9. The van der Waals surface area contributed by atoms with Gasteiger partial charge in [0.1, 0.15) is 15.6 Å². The Morgan fingerprint density at radius 3 is 2.36 bits per heavy atom. The summed E-state index contributed by atoms with van der Waals surface area (Å²) in [6.45, 7) is 13.5. The average molecular weight is 535 g/mol. The molecule has 0 saturated heterocycles. The Morgan fingerprint density at radius 2 is 1.75 bits per heavy atom. The minimum Gasteiger partial charge on any atom is -0.447 e. The van der Waals surface area contributed by atoms with Crippen LogP contribution >= 0.6 is 23.1 Å². The third kappa shape index (κ3) is 8.65. The summed E-state index contributed by atoms with van der Waals surface area (Å²) in [6, 6.07) is 5.95. The Labute approximate surface area is 222 Å². The number of carbonyl (C=O) groups excluding carboxylic acids is 2. The van der Waals surface area contributed by atoms with Crippen LogP contribution in [0.25, 0.3) is 10.6 Å². The maximum atomic E-state index is 12.1. The number of nitrogens with zero attached hydrogens (tertiary/aromatic N) is 2. The molecule has 1 aliphatic rings. The van der Waals surface area contributed by atoms with Gasteiger partial charge in [-0.1, -0.05) is 25.2 Å². The van der Waals surface area contributed by atoms with Crippen LogP contribution in [0.5, 0.6) is 0 Å². The average Bonchev–Trinajstić information content (AvgIpc) is 3.22. The number of hydrogen-bond donors (Lipinski definition) is 2. The van der Waals surface area contributed by atoms with E-state index in [1.54, 1.807) is 23.1 Å². The van der Waals surface area contributed by atoms with Crippen LogP contribution < -0.4 is 10.6 Å². The highest BCUT2D eigenvalue weighted by Gasteiger charge is 2.28. The molecule has 0 unspecified atom stereocenters. The second kappa shape index (κ2) is 12.3. The number of thioether (sulfide) groups is 1. The van der Waals surface area contributed by atoms with Gasteiger partial charge in [-0.3, -0.25) is 5.32 Å². The number of amides is 2. The molecule has 1 aliphatic carbocycles. The third-order valence-electron chi connectivity index (χ3n) is 5.40. The first-order valence-corrected chi connectivity index (χ1v) is 14.2. The van der Waals surface area contributed by atoms with E-state index in [1.165, 1.54) is 0 Å². The molecule has 0 radical (unpaired) electrons. The summed E-state index contributed by atoms with van der Waals surface area (Å²) in [5.41, 5.74) is 1.20. The molecule has 1 aromatic heterocycles. The summed E-state index contributed by atoms with van der Waals surface area (Å²) in [4.78, 5) is 25.2. The summed E-state index contributed by atoms with van der Waals surface area (Å²) >= 11 is 3.35. The molecule has 1 heterocycles. The maximum absolute atomic E-state index is 12.1. The summed E-state index contributed by atoms with van der Waals surface area (Å²) in [5.74, 6) is 0.334. The Morgan fingerprint density at radius 1 is 1.06 bits per heavy atom. The van der Waals surface area contributed by atoms with Gasteiger partial charge in [0.2, 0.25) is 0 Å². The Kier molecular flexibility index (Phi) is 9.63. The molecular formula is C26H38N4O4S2. The molecule has 0 aliphatic heterocycles. The lowest BCUT2D eigenvalue weighted by Crippen LogP contribution is -2.40. The highest BCUT2D eigenvalue weighted by Crippen LogP contribution is 2.40. The fourth-order valence-corrected chi connectivity index (χ4v) is 6.07. The van der Waals surface area contributed by atoms with Crippen LogP contribution in [0.4, 0.5) is 15.3 Å². The predicted molar refractivity (Wildman–Crippen MR) is 146 cm³/mol. The quantitative estimate of drug-likeness (QED) is 0.362. The smallest absolute Gasteiger partial charge is 0.411 e.